The van der Waals surface area contributed by atoms with Gasteiger partial charge in [-0.05, 0) is 26.0 Å². The van der Waals surface area contributed by atoms with E-state index in [9.17, 15) is 0 Å². The highest BCUT2D eigenvalue weighted by atomic mass is 15.3. The van der Waals surface area contributed by atoms with E-state index in [0.717, 1.165) is 38.4 Å². The smallest absolute Gasteiger partial charge is 0.226 e. The molecule has 0 atom stereocenters. The molecule has 1 aliphatic heterocycles. The van der Waals surface area contributed by atoms with E-state index in [4.69, 9.17) is 11.1 Å². The van der Waals surface area contributed by atoms with Gasteiger partial charge in [-0.15, -0.1) is 0 Å². The van der Waals surface area contributed by atoms with Crippen LogP contribution in [0.4, 0.5) is 5.95 Å². The Morgan fingerprint density at radius 3 is 2.58 bits per heavy atom. The monoisotopic (exact) mass is 262 g/mol. The molecule has 2 heterocycles. The van der Waals surface area contributed by atoms with Gasteiger partial charge in [0.1, 0.15) is 11.5 Å². The van der Waals surface area contributed by atoms with E-state index in [1.54, 1.807) is 6.07 Å². The second kappa shape index (κ2) is 5.97. The molecule has 6 heteroatoms. The number of aromatic nitrogens is 2. The third-order valence-corrected chi connectivity index (χ3v) is 3.31. The molecule has 1 saturated heterocycles. The van der Waals surface area contributed by atoms with Crippen LogP contribution in [0.5, 0.6) is 0 Å². The first kappa shape index (κ1) is 13.7. The van der Waals surface area contributed by atoms with Crippen molar-refractivity contribution >= 4 is 11.8 Å². The summed E-state index contributed by atoms with van der Waals surface area (Å²) in [6, 6.07) is 1.75. The van der Waals surface area contributed by atoms with Gasteiger partial charge in [-0.3, -0.25) is 10.3 Å². The van der Waals surface area contributed by atoms with Gasteiger partial charge >= 0.3 is 0 Å². The maximum atomic E-state index is 7.49. The first-order chi connectivity index (χ1) is 9.10. The van der Waals surface area contributed by atoms with Gasteiger partial charge < -0.3 is 10.6 Å². The first-order valence-electron chi connectivity index (χ1n) is 6.77. The average molecular weight is 262 g/mol. The fourth-order valence-corrected chi connectivity index (χ4v) is 2.32. The highest BCUT2D eigenvalue weighted by Gasteiger charge is 2.19. The zero-order valence-electron chi connectivity index (χ0n) is 11.7. The first-order valence-corrected chi connectivity index (χ1v) is 6.77. The number of nitrogens with zero attached hydrogens (tertiary/aromatic N) is 4. The fraction of sp³-hybridized carbons (Fsp3) is 0.615. The topological polar surface area (TPSA) is 82.1 Å². The standard InChI is InChI=1S/C13H22N6/c1-3-4-18-5-7-19(8-6-18)13-16-10(2)9-11(17-13)12(14)15/h9H,3-8H2,1-2H3,(H3,14,15). The Hall–Kier alpha value is -1.69. The minimum atomic E-state index is -0.00336. The number of anilines is 1. The van der Waals surface area contributed by atoms with E-state index in [0.29, 0.717) is 11.6 Å². The van der Waals surface area contributed by atoms with Crippen LogP contribution in [0.1, 0.15) is 24.7 Å². The Kier molecular flexibility index (Phi) is 4.31. The van der Waals surface area contributed by atoms with E-state index in [1.165, 1.54) is 6.42 Å². The molecule has 19 heavy (non-hydrogen) atoms. The molecule has 0 bridgehead atoms. The number of aryl methyl sites for hydroxylation is 1. The molecule has 1 aromatic rings. The van der Waals surface area contributed by atoms with Crippen molar-refractivity contribution in [2.45, 2.75) is 20.3 Å². The minimum absolute atomic E-state index is 0.00336. The summed E-state index contributed by atoms with van der Waals surface area (Å²) >= 11 is 0. The zero-order valence-corrected chi connectivity index (χ0v) is 11.7. The summed E-state index contributed by atoms with van der Waals surface area (Å²) in [5, 5.41) is 7.49. The molecule has 0 amide bonds. The molecule has 1 fully saturated rings. The summed E-state index contributed by atoms with van der Waals surface area (Å²) in [5.41, 5.74) is 6.87. The fourth-order valence-electron chi connectivity index (χ4n) is 2.32. The van der Waals surface area contributed by atoms with Crippen LogP contribution in [0.2, 0.25) is 0 Å². The van der Waals surface area contributed by atoms with E-state index < -0.39 is 0 Å². The van der Waals surface area contributed by atoms with Crippen LogP contribution in [0, 0.1) is 12.3 Å². The molecule has 0 unspecified atom stereocenters. The summed E-state index contributed by atoms with van der Waals surface area (Å²) in [7, 11) is 0. The van der Waals surface area contributed by atoms with Crippen molar-refractivity contribution in [3.8, 4) is 0 Å². The van der Waals surface area contributed by atoms with Gasteiger partial charge in [0.05, 0.1) is 0 Å². The van der Waals surface area contributed by atoms with Gasteiger partial charge in [-0.1, -0.05) is 6.92 Å². The molecule has 1 aromatic heterocycles. The molecule has 3 N–H and O–H groups in total. The molecule has 0 aromatic carbocycles. The largest absolute Gasteiger partial charge is 0.382 e. The number of hydrogen-bond acceptors (Lipinski definition) is 5. The Morgan fingerprint density at radius 2 is 2.00 bits per heavy atom. The lowest BCUT2D eigenvalue weighted by Gasteiger charge is -2.34. The van der Waals surface area contributed by atoms with Gasteiger partial charge in [0.15, 0.2) is 0 Å². The summed E-state index contributed by atoms with van der Waals surface area (Å²) in [5.74, 6) is 0.692. The second-order valence-electron chi connectivity index (χ2n) is 4.94. The SMILES string of the molecule is CCCN1CCN(c2nc(C)cc(C(=N)N)n2)CC1. The molecule has 0 saturated carbocycles. The summed E-state index contributed by atoms with van der Waals surface area (Å²) in [6.07, 6.45) is 1.19. The lowest BCUT2D eigenvalue weighted by molar-refractivity contribution is 0.257. The van der Waals surface area contributed by atoms with E-state index in [-0.39, 0.29) is 5.84 Å². The van der Waals surface area contributed by atoms with Crippen LogP contribution in [-0.2, 0) is 0 Å². The summed E-state index contributed by atoms with van der Waals surface area (Å²) in [6.45, 7) is 9.21. The Balaban J connectivity index is 2.09. The van der Waals surface area contributed by atoms with Crippen molar-refractivity contribution in [3.63, 3.8) is 0 Å². The molecule has 0 aliphatic carbocycles. The third kappa shape index (κ3) is 3.41. The zero-order chi connectivity index (χ0) is 13.8. The van der Waals surface area contributed by atoms with Crippen molar-refractivity contribution in [1.29, 1.82) is 5.41 Å². The Morgan fingerprint density at radius 1 is 1.32 bits per heavy atom. The second-order valence-corrected chi connectivity index (χ2v) is 4.94. The number of nitrogens with one attached hydrogen (secondary N) is 1. The maximum absolute atomic E-state index is 7.49. The molecule has 2 rings (SSSR count). The molecule has 1 aliphatic rings. The molecular weight excluding hydrogens is 240 g/mol. The van der Waals surface area contributed by atoms with Gasteiger partial charge in [0.25, 0.3) is 0 Å². The average Bonchev–Trinajstić information content (AvgIpc) is 2.39. The number of hydrogen-bond donors (Lipinski definition) is 2. The van der Waals surface area contributed by atoms with Crippen LogP contribution in [0.3, 0.4) is 0 Å². The van der Waals surface area contributed by atoms with Gasteiger partial charge in [0.2, 0.25) is 5.95 Å². The van der Waals surface area contributed by atoms with E-state index in [2.05, 4.69) is 26.7 Å². The normalized spacial score (nSPS) is 16.6. The van der Waals surface area contributed by atoms with E-state index >= 15 is 0 Å². The predicted octanol–water partition coefficient (Wildman–Crippen LogP) is 0.601. The third-order valence-electron chi connectivity index (χ3n) is 3.31. The number of piperazine rings is 1. The lowest BCUT2D eigenvalue weighted by atomic mass is 10.3. The quantitative estimate of drug-likeness (QED) is 0.613. The van der Waals surface area contributed by atoms with Crippen molar-refractivity contribution in [2.24, 2.45) is 5.73 Å². The van der Waals surface area contributed by atoms with Crippen molar-refractivity contribution < 1.29 is 0 Å². The summed E-state index contributed by atoms with van der Waals surface area (Å²) < 4.78 is 0. The van der Waals surface area contributed by atoms with E-state index in [1.807, 2.05) is 6.92 Å². The van der Waals surface area contributed by atoms with Gasteiger partial charge in [-0.2, -0.15) is 0 Å². The number of rotatable bonds is 4. The van der Waals surface area contributed by atoms with Gasteiger partial charge in [0, 0.05) is 31.9 Å². The Labute approximate surface area is 114 Å². The Bertz CT molecular complexity index is 450. The molecule has 0 spiro atoms. The highest BCUT2D eigenvalue weighted by Crippen LogP contribution is 2.13. The number of nitrogens with two attached hydrogens (primary N) is 1. The molecular formula is C13H22N6. The number of nitrogen functional groups attached to an aromatic ring is 1. The molecule has 104 valence electrons. The van der Waals surface area contributed by atoms with Crippen molar-refractivity contribution in [3.05, 3.63) is 17.5 Å². The van der Waals surface area contributed by atoms with Crippen LogP contribution in [-0.4, -0.2) is 53.4 Å². The van der Waals surface area contributed by atoms with Crippen LogP contribution in [0.25, 0.3) is 0 Å². The van der Waals surface area contributed by atoms with Gasteiger partial charge in [-0.25, -0.2) is 9.97 Å². The predicted molar refractivity (Wildman–Crippen MR) is 76.7 cm³/mol. The molecule has 6 nitrogen and oxygen atoms in total. The van der Waals surface area contributed by atoms with Crippen LogP contribution in [0.15, 0.2) is 6.07 Å². The molecule has 0 radical (unpaired) electrons. The highest BCUT2D eigenvalue weighted by molar-refractivity contribution is 5.93. The summed E-state index contributed by atoms with van der Waals surface area (Å²) in [4.78, 5) is 13.5. The lowest BCUT2D eigenvalue weighted by Crippen LogP contribution is -2.47. The number of amidine groups is 1. The minimum Gasteiger partial charge on any atom is -0.382 e. The van der Waals surface area contributed by atoms with Crippen molar-refractivity contribution in [1.82, 2.24) is 14.9 Å². The van der Waals surface area contributed by atoms with Crippen molar-refractivity contribution in [2.75, 3.05) is 37.6 Å². The maximum Gasteiger partial charge on any atom is 0.226 e. The van der Waals surface area contributed by atoms with Crippen LogP contribution >= 0.6 is 0 Å². The van der Waals surface area contributed by atoms with Crippen LogP contribution < -0.4 is 10.6 Å².